The highest BCUT2D eigenvalue weighted by Gasteiger charge is 2.24. The van der Waals surface area contributed by atoms with E-state index in [0.29, 0.717) is 24.0 Å². The Morgan fingerprint density at radius 3 is 2.12 bits per heavy atom. The minimum Gasteiger partial charge on any atom is -0.292 e. The third-order valence-corrected chi connectivity index (χ3v) is 3.20. The van der Waals surface area contributed by atoms with Gasteiger partial charge in [-0.15, -0.1) is 0 Å². The number of fused-ring (bicyclic) bond motifs is 1. The first-order valence-corrected chi connectivity index (χ1v) is 6.44. The van der Waals surface area contributed by atoms with E-state index in [2.05, 4.69) is 32.7 Å². The largest absolute Gasteiger partial charge is 0.292 e. The molecule has 0 saturated carbocycles. The molecule has 0 N–H and O–H groups in total. The molecule has 0 saturated heterocycles. The summed E-state index contributed by atoms with van der Waals surface area (Å²) < 4.78 is 0. The van der Waals surface area contributed by atoms with Crippen molar-refractivity contribution in [2.45, 2.75) is 58.8 Å². The number of aryl methyl sites for hydroxylation is 1. The van der Waals surface area contributed by atoms with Gasteiger partial charge in [0.15, 0.2) is 5.78 Å². The number of ketones is 1. The minimum absolute atomic E-state index is 0.163. The summed E-state index contributed by atoms with van der Waals surface area (Å²) in [6.07, 6.45) is 2.44. The van der Waals surface area contributed by atoms with E-state index in [-0.39, 0.29) is 5.78 Å². The molecule has 1 aromatic heterocycles. The number of aromatic nitrogens is 2. The van der Waals surface area contributed by atoms with E-state index in [1.54, 1.807) is 0 Å². The van der Waals surface area contributed by atoms with Gasteiger partial charge in [0.25, 0.3) is 0 Å². The Labute approximate surface area is 103 Å². The third kappa shape index (κ3) is 2.24. The zero-order valence-corrected chi connectivity index (χ0v) is 11.1. The second kappa shape index (κ2) is 4.55. The fourth-order valence-electron chi connectivity index (χ4n) is 2.28. The van der Waals surface area contributed by atoms with Crippen LogP contribution in [-0.4, -0.2) is 15.8 Å². The molecule has 0 aliphatic heterocycles. The molecule has 0 fully saturated rings. The average Bonchev–Trinajstić information content (AvgIpc) is 2.27. The molecule has 0 amide bonds. The van der Waals surface area contributed by atoms with E-state index in [4.69, 9.17) is 4.98 Å². The predicted molar refractivity (Wildman–Crippen MR) is 67.5 cm³/mol. The molecule has 0 bridgehead atoms. The molecule has 92 valence electrons. The Hall–Kier alpha value is -1.25. The van der Waals surface area contributed by atoms with Crippen molar-refractivity contribution in [1.82, 2.24) is 9.97 Å². The molecule has 0 aromatic carbocycles. The molecular weight excluding hydrogens is 212 g/mol. The second-order valence-corrected chi connectivity index (χ2v) is 5.38. The highest BCUT2D eigenvalue weighted by molar-refractivity contribution is 5.96. The van der Waals surface area contributed by atoms with Gasteiger partial charge >= 0.3 is 0 Å². The van der Waals surface area contributed by atoms with Gasteiger partial charge in [0.05, 0.1) is 17.1 Å². The van der Waals surface area contributed by atoms with Crippen LogP contribution in [0.15, 0.2) is 0 Å². The van der Waals surface area contributed by atoms with Gasteiger partial charge in [0.2, 0.25) is 0 Å². The number of carbonyl (C=O) groups is 1. The van der Waals surface area contributed by atoms with Crippen molar-refractivity contribution in [3.05, 3.63) is 22.8 Å². The monoisotopic (exact) mass is 232 g/mol. The Morgan fingerprint density at radius 1 is 0.941 bits per heavy atom. The molecule has 1 aliphatic carbocycles. The van der Waals surface area contributed by atoms with Crippen molar-refractivity contribution in [3.63, 3.8) is 0 Å². The summed E-state index contributed by atoms with van der Waals surface area (Å²) in [7, 11) is 0. The number of Topliss-reactive ketones (excluding diaryl/α,β-unsaturated/α-hetero) is 1. The average molecular weight is 232 g/mol. The van der Waals surface area contributed by atoms with Crippen LogP contribution >= 0.6 is 0 Å². The van der Waals surface area contributed by atoms with E-state index >= 15 is 0 Å². The van der Waals surface area contributed by atoms with Gasteiger partial charge in [-0.1, -0.05) is 27.7 Å². The summed E-state index contributed by atoms with van der Waals surface area (Å²) >= 11 is 0. The SMILES string of the molecule is CC(C)c1nc2c(nc1C(C)C)C(=O)CCC2. The van der Waals surface area contributed by atoms with Crippen LogP contribution in [0.25, 0.3) is 0 Å². The maximum atomic E-state index is 11.8. The normalized spacial score (nSPS) is 15.5. The Balaban J connectivity index is 2.59. The first kappa shape index (κ1) is 12.2. The fraction of sp³-hybridized carbons (Fsp3) is 0.643. The molecule has 1 aliphatic rings. The van der Waals surface area contributed by atoms with Crippen LogP contribution in [0.2, 0.25) is 0 Å². The topological polar surface area (TPSA) is 42.9 Å². The van der Waals surface area contributed by atoms with Gasteiger partial charge < -0.3 is 0 Å². The highest BCUT2D eigenvalue weighted by atomic mass is 16.1. The second-order valence-electron chi connectivity index (χ2n) is 5.38. The quantitative estimate of drug-likeness (QED) is 0.786. The van der Waals surface area contributed by atoms with Crippen molar-refractivity contribution in [1.29, 1.82) is 0 Å². The van der Waals surface area contributed by atoms with Crippen molar-refractivity contribution in [2.24, 2.45) is 0 Å². The zero-order chi connectivity index (χ0) is 12.6. The van der Waals surface area contributed by atoms with Crippen LogP contribution in [0.4, 0.5) is 0 Å². The van der Waals surface area contributed by atoms with E-state index in [1.165, 1.54) is 0 Å². The smallest absolute Gasteiger partial charge is 0.183 e. The predicted octanol–water partition coefficient (Wildman–Crippen LogP) is 3.24. The van der Waals surface area contributed by atoms with Crippen molar-refractivity contribution in [3.8, 4) is 0 Å². The lowest BCUT2D eigenvalue weighted by molar-refractivity contribution is 0.0965. The van der Waals surface area contributed by atoms with E-state index in [9.17, 15) is 4.79 Å². The first-order chi connectivity index (χ1) is 8.00. The van der Waals surface area contributed by atoms with Crippen LogP contribution in [0, 0.1) is 0 Å². The van der Waals surface area contributed by atoms with Gasteiger partial charge in [-0.05, 0) is 24.7 Å². The summed E-state index contributed by atoms with van der Waals surface area (Å²) in [6.45, 7) is 8.48. The molecule has 0 atom stereocenters. The Kier molecular flexibility index (Phi) is 3.27. The molecule has 0 unspecified atom stereocenters. The maximum Gasteiger partial charge on any atom is 0.183 e. The number of nitrogens with zero attached hydrogens (tertiary/aromatic N) is 2. The molecule has 2 rings (SSSR count). The van der Waals surface area contributed by atoms with Gasteiger partial charge in [0, 0.05) is 6.42 Å². The fourth-order valence-corrected chi connectivity index (χ4v) is 2.28. The van der Waals surface area contributed by atoms with Gasteiger partial charge in [0.1, 0.15) is 5.69 Å². The number of carbonyl (C=O) groups excluding carboxylic acids is 1. The molecule has 0 spiro atoms. The zero-order valence-electron chi connectivity index (χ0n) is 11.1. The Bertz CT molecular complexity index is 450. The third-order valence-electron chi connectivity index (χ3n) is 3.20. The maximum absolute atomic E-state index is 11.8. The number of hydrogen-bond acceptors (Lipinski definition) is 3. The van der Waals surface area contributed by atoms with Crippen molar-refractivity contribution in [2.75, 3.05) is 0 Å². The Morgan fingerprint density at radius 2 is 1.53 bits per heavy atom. The summed E-state index contributed by atoms with van der Waals surface area (Å²) in [5.41, 5.74) is 3.60. The minimum atomic E-state index is 0.163. The summed E-state index contributed by atoms with van der Waals surface area (Å²) in [5, 5.41) is 0. The molecule has 17 heavy (non-hydrogen) atoms. The van der Waals surface area contributed by atoms with Gasteiger partial charge in [-0.2, -0.15) is 0 Å². The first-order valence-electron chi connectivity index (χ1n) is 6.44. The highest BCUT2D eigenvalue weighted by Crippen LogP contribution is 2.27. The molecular formula is C14H20N2O. The lowest BCUT2D eigenvalue weighted by Crippen LogP contribution is -2.19. The molecule has 3 nitrogen and oxygen atoms in total. The van der Waals surface area contributed by atoms with Crippen LogP contribution in [0.5, 0.6) is 0 Å². The molecule has 1 aromatic rings. The standard InChI is InChI=1S/C14H20N2O/c1-8(2)12-13(9(3)4)16-14-10(15-12)6-5-7-11(14)17/h8-9H,5-7H2,1-4H3. The van der Waals surface area contributed by atoms with Crippen LogP contribution in [0.1, 0.15) is 79.9 Å². The summed E-state index contributed by atoms with van der Waals surface area (Å²) in [6, 6.07) is 0. The van der Waals surface area contributed by atoms with Gasteiger partial charge in [-0.3, -0.25) is 9.78 Å². The lowest BCUT2D eigenvalue weighted by Gasteiger charge is -2.20. The van der Waals surface area contributed by atoms with Crippen LogP contribution < -0.4 is 0 Å². The molecule has 3 heteroatoms. The molecule has 0 radical (unpaired) electrons. The lowest BCUT2D eigenvalue weighted by atomic mass is 9.95. The van der Waals surface area contributed by atoms with E-state index < -0.39 is 0 Å². The number of rotatable bonds is 2. The van der Waals surface area contributed by atoms with Crippen molar-refractivity contribution < 1.29 is 4.79 Å². The number of hydrogen-bond donors (Lipinski definition) is 0. The van der Waals surface area contributed by atoms with E-state index in [1.807, 2.05) is 0 Å². The van der Waals surface area contributed by atoms with Gasteiger partial charge in [-0.25, -0.2) is 4.98 Å². The van der Waals surface area contributed by atoms with Crippen molar-refractivity contribution >= 4 is 5.78 Å². The van der Waals surface area contributed by atoms with Crippen LogP contribution in [0.3, 0.4) is 0 Å². The van der Waals surface area contributed by atoms with Crippen LogP contribution in [-0.2, 0) is 6.42 Å². The summed E-state index contributed by atoms with van der Waals surface area (Å²) in [4.78, 5) is 21.1. The summed E-state index contributed by atoms with van der Waals surface area (Å²) in [5.74, 6) is 0.845. The van der Waals surface area contributed by atoms with E-state index in [0.717, 1.165) is 29.9 Å². The molecule has 1 heterocycles.